The van der Waals surface area contributed by atoms with Crippen molar-refractivity contribution in [2.45, 2.75) is 46.7 Å². The van der Waals surface area contributed by atoms with E-state index in [0.717, 1.165) is 34.9 Å². The number of nitriles is 1. The molecule has 0 aliphatic rings. The number of esters is 1. The summed E-state index contributed by atoms with van der Waals surface area (Å²) in [4.78, 5) is 33.9. The Morgan fingerprint density at radius 3 is 2.33 bits per heavy atom. The van der Waals surface area contributed by atoms with E-state index in [-0.39, 0.29) is 29.6 Å². The lowest BCUT2D eigenvalue weighted by Crippen LogP contribution is -2.20. The van der Waals surface area contributed by atoms with Crippen LogP contribution in [-0.4, -0.2) is 33.7 Å². The van der Waals surface area contributed by atoms with Gasteiger partial charge in [-0.05, 0) is 50.1 Å². The van der Waals surface area contributed by atoms with Crippen molar-refractivity contribution in [2.24, 2.45) is 4.99 Å². The number of fused-ring (bicyclic) bond motifs is 1. The predicted octanol–water partition coefficient (Wildman–Crippen LogP) is 8.44. The number of unbranched alkanes of at least 4 members (excludes halogenated alkanes) is 1. The Morgan fingerprint density at radius 1 is 0.958 bits per heavy atom. The van der Waals surface area contributed by atoms with Crippen molar-refractivity contribution in [2.75, 3.05) is 11.5 Å². The van der Waals surface area contributed by atoms with E-state index in [1.54, 1.807) is 42.2 Å². The van der Waals surface area contributed by atoms with Crippen LogP contribution in [0, 0.1) is 18.3 Å². The number of Topliss-reactive ketones (excluding diaryl/α,β-unsaturated/α-hetero) is 1. The van der Waals surface area contributed by atoms with Gasteiger partial charge in [-0.25, -0.2) is 9.79 Å². The van der Waals surface area contributed by atoms with Crippen LogP contribution in [0.15, 0.2) is 120 Å². The van der Waals surface area contributed by atoms with Crippen molar-refractivity contribution in [3.8, 4) is 11.9 Å². The van der Waals surface area contributed by atoms with Gasteiger partial charge >= 0.3 is 5.97 Å². The Kier molecular flexibility index (Phi) is 10.8. The normalized spacial score (nSPS) is 11.7. The van der Waals surface area contributed by atoms with Crippen LogP contribution in [0.4, 0.5) is 11.4 Å². The van der Waals surface area contributed by atoms with E-state index < -0.39 is 5.97 Å². The average Bonchev–Trinajstić information content (AvgIpc) is 3.38. The van der Waals surface area contributed by atoms with Crippen LogP contribution in [0.3, 0.4) is 0 Å². The molecule has 0 saturated heterocycles. The fourth-order valence-electron chi connectivity index (χ4n) is 5.57. The molecule has 0 aliphatic heterocycles. The molecular formula is C40H38N4O4. The molecule has 8 heteroatoms. The zero-order valence-corrected chi connectivity index (χ0v) is 27.4. The number of rotatable bonds is 13. The number of hydrogen-bond donors (Lipinski definition) is 1. The van der Waals surface area contributed by atoms with E-state index >= 15 is 0 Å². The van der Waals surface area contributed by atoms with Crippen molar-refractivity contribution >= 4 is 39.7 Å². The zero-order chi connectivity index (χ0) is 34.0. The molecule has 1 N–H and O–H groups in total. The molecule has 1 aromatic heterocycles. The van der Waals surface area contributed by atoms with E-state index in [4.69, 9.17) is 9.73 Å². The molecule has 48 heavy (non-hydrogen) atoms. The summed E-state index contributed by atoms with van der Waals surface area (Å²) in [5.41, 5.74) is 4.32. The van der Waals surface area contributed by atoms with Gasteiger partial charge in [0, 0.05) is 30.2 Å². The minimum Gasteiger partial charge on any atom is -0.494 e. The number of para-hydroxylation sites is 2. The lowest BCUT2D eigenvalue weighted by Gasteiger charge is -2.23. The first-order chi connectivity index (χ1) is 23.4. The quantitative estimate of drug-likeness (QED) is 0.0456. The Balaban J connectivity index is 1.77. The number of hydrogen-bond acceptors (Lipinski definition) is 7. The molecule has 1 heterocycles. The topological polar surface area (TPSA) is 108 Å². The van der Waals surface area contributed by atoms with Crippen LogP contribution in [0.2, 0.25) is 0 Å². The van der Waals surface area contributed by atoms with Crippen molar-refractivity contribution in [1.29, 1.82) is 5.26 Å². The van der Waals surface area contributed by atoms with Gasteiger partial charge in [-0.2, -0.15) is 5.26 Å². The Morgan fingerprint density at radius 2 is 1.65 bits per heavy atom. The van der Waals surface area contributed by atoms with Gasteiger partial charge in [0.25, 0.3) is 0 Å². The number of aliphatic imine (C=N–C) groups is 1. The summed E-state index contributed by atoms with van der Waals surface area (Å²) in [5.74, 6) is -1.12. The number of aromatic hydroxyl groups is 1. The highest BCUT2D eigenvalue weighted by molar-refractivity contribution is 6.54. The van der Waals surface area contributed by atoms with Gasteiger partial charge in [0.05, 0.1) is 29.1 Å². The van der Waals surface area contributed by atoms with Gasteiger partial charge in [-0.1, -0.05) is 97.8 Å². The standard InChI is InChI=1S/C40H38N4O4/c1-4-6-23-44-34-22-21-28(3)24-32(34)36(39(44)46)37(38(45)30-17-11-8-12-18-30)42-33-19-13-14-20-35(33)43(26-29-15-9-7-10-16-29)27-31(25-41)40(47)48-5-2/h7-22,24,27,46H,4-6,23,26H2,1-3H3/b31-27+,42-37?. The minimum atomic E-state index is -0.737. The highest BCUT2D eigenvalue weighted by Crippen LogP contribution is 2.37. The average molecular weight is 639 g/mol. The second-order valence-corrected chi connectivity index (χ2v) is 11.4. The van der Waals surface area contributed by atoms with Crippen LogP contribution >= 0.6 is 0 Å². The first kappa shape index (κ1) is 33.4. The maximum absolute atomic E-state index is 14.4. The summed E-state index contributed by atoms with van der Waals surface area (Å²) in [5, 5.41) is 22.5. The molecule has 0 bridgehead atoms. The fourth-order valence-corrected chi connectivity index (χ4v) is 5.57. The lowest BCUT2D eigenvalue weighted by atomic mass is 9.98. The van der Waals surface area contributed by atoms with E-state index in [0.29, 0.717) is 35.6 Å². The number of nitrogens with zero attached hydrogens (tertiary/aromatic N) is 4. The molecule has 0 atom stereocenters. The lowest BCUT2D eigenvalue weighted by molar-refractivity contribution is -0.138. The van der Waals surface area contributed by atoms with Gasteiger partial charge in [0.2, 0.25) is 11.7 Å². The SMILES string of the molecule is CCCCn1c(O)c(C(=Nc2ccccc2N(/C=C(\C#N)C(=O)OCC)Cc2ccccc2)C(=O)c2ccccc2)c2cc(C)ccc21. The summed E-state index contributed by atoms with van der Waals surface area (Å²) in [6.45, 7) is 6.73. The first-order valence-corrected chi connectivity index (χ1v) is 16.1. The van der Waals surface area contributed by atoms with Gasteiger partial charge in [-0.3, -0.25) is 4.79 Å². The van der Waals surface area contributed by atoms with Crippen molar-refractivity contribution < 1.29 is 19.4 Å². The number of anilines is 1. The molecular weight excluding hydrogens is 600 g/mol. The van der Waals surface area contributed by atoms with Crippen LogP contribution in [0.5, 0.6) is 5.88 Å². The molecule has 0 aliphatic carbocycles. The number of carbonyl (C=O) groups excluding carboxylic acids is 2. The summed E-state index contributed by atoms with van der Waals surface area (Å²) in [6, 6.07) is 33.6. The third-order valence-corrected chi connectivity index (χ3v) is 7.93. The molecule has 0 radical (unpaired) electrons. The zero-order valence-electron chi connectivity index (χ0n) is 27.4. The summed E-state index contributed by atoms with van der Waals surface area (Å²) in [6.07, 6.45) is 3.23. The van der Waals surface area contributed by atoms with Gasteiger partial charge in [0.1, 0.15) is 11.8 Å². The predicted molar refractivity (Wildman–Crippen MR) is 190 cm³/mol. The third-order valence-electron chi connectivity index (χ3n) is 7.93. The van der Waals surface area contributed by atoms with E-state index in [9.17, 15) is 20.0 Å². The van der Waals surface area contributed by atoms with Crippen molar-refractivity contribution in [3.05, 3.63) is 137 Å². The van der Waals surface area contributed by atoms with Crippen LogP contribution in [0.25, 0.3) is 10.9 Å². The first-order valence-electron chi connectivity index (χ1n) is 16.1. The van der Waals surface area contributed by atoms with E-state index in [2.05, 4.69) is 6.92 Å². The summed E-state index contributed by atoms with van der Waals surface area (Å²) < 4.78 is 6.99. The second-order valence-electron chi connectivity index (χ2n) is 11.4. The monoisotopic (exact) mass is 638 g/mol. The molecule has 4 aromatic carbocycles. The van der Waals surface area contributed by atoms with Crippen LogP contribution in [-0.2, 0) is 22.6 Å². The third kappa shape index (κ3) is 7.37. The maximum Gasteiger partial charge on any atom is 0.350 e. The molecule has 0 fully saturated rings. The molecule has 0 unspecified atom stereocenters. The highest BCUT2D eigenvalue weighted by Gasteiger charge is 2.27. The summed E-state index contributed by atoms with van der Waals surface area (Å²) >= 11 is 0. The number of ether oxygens (including phenoxy) is 1. The maximum atomic E-state index is 14.4. The van der Waals surface area contributed by atoms with E-state index in [1.807, 2.05) is 90.4 Å². The molecule has 5 rings (SSSR count). The molecule has 0 amide bonds. The van der Waals surface area contributed by atoms with Crippen molar-refractivity contribution in [1.82, 2.24) is 4.57 Å². The molecule has 5 aromatic rings. The van der Waals surface area contributed by atoms with Crippen molar-refractivity contribution in [3.63, 3.8) is 0 Å². The minimum absolute atomic E-state index is 0.0281. The Labute approximate surface area is 280 Å². The Hall–Kier alpha value is -5.94. The molecule has 0 spiro atoms. The van der Waals surface area contributed by atoms with Gasteiger partial charge in [0.15, 0.2) is 5.57 Å². The van der Waals surface area contributed by atoms with Crippen LogP contribution < -0.4 is 4.90 Å². The number of benzene rings is 4. The molecule has 242 valence electrons. The highest BCUT2D eigenvalue weighted by atomic mass is 16.5. The van der Waals surface area contributed by atoms with Gasteiger partial charge < -0.3 is 19.3 Å². The Bertz CT molecular complexity index is 2020. The van der Waals surface area contributed by atoms with Gasteiger partial charge in [-0.15, -0.1) is 0 Å². The molecule has 0 saturated carbocycles. The number of aromatic nitrogens is 1. The number of ketones is 1. The molecule has 8 nitrogen and oxygen atoms in total. The summed E-state index contributed by atoms with van der Waals surface area (Å²) in [7, 11) is 0. The number of aryl methyl sites for hydroxylation is 2. The van der Waals surface area contributed by atoms with E-state index in [1.165, 1.54) is 6.20 Å². The van der Waals surface area contributed by atoms with Crippen LogP contribution in [0.1, 0.15) is 53.7 Å². The largest absolute Gasteiger partial charge is 0.494 e. The smallest absolute Gasteiger partial charge is 0.350 e. The number of carbonyl (C=O) groups is 2. The second kappa shape index (κ2) is 15.6. The fraction of sp³-hybridized carbons (Fsp3) is 0.200.